The summed E-state index contributed by atoms with van der Waals surface area (Å²) in [5, 5.41) is 0. The Morgan fingerprint density at radius 1 is 0.485 bits per heavy atom. The molecule has 5 rings (SSSR count). The van der Waals surface area contributed by atoms with E-state index in [0.717, 1.165) is 0 Å². The monoisotopic (exact) mass is 431 g/mol. The molecule has 0 atom stereocenters. The number of nitrogens with zero attached hydrogens (tertiary/aromatic N) is 1. The molecule has 1 aliphatic carbocycles. The van der Waals surface area contributed by atoms with Gasteiger partial charge in [-0.15, -0.1) is 0 Å². The number of fused-ring (bicyclic) bond motifs is 3. The molecule has 0 radical (unpaired) electrons. The third-order valence-electron chi connectivity index (χ3n) is 7.57. The van der Waals surface area contributed by atoms with E-state index in [-0.39, 0.29) is 5.41 Å². The third kappa shape index (κ3) is 3.47. The second-order valence-corrected chi connectivity index (χ2v) is 10.3. The van der Waals surface area contributed by atoms with E-state index in [9.17, 15) is 0 Å². The Balaban J connectivity index is 1.71. The van der Waals surface area contributed by atoms with E-state index in [2.05, 4.69) is 126 Å². The predicted molar refractivity (Wildman–Crippen MR) is 142 cm³/mol. The second-order valence-electron chi connectivity index (χ2n) is 10.3. The predicted octanol–water partition coefficient (Wildman–Crippen LogP) is 9.00. The van der Waals surface area contributed by atoms with E-state index in [1.165, 1.54) is 67.1 Å². The van der Waals surface area contributed by atoms with Crippen LogP contribution >= 0.6 is 0 Å². The van der Waals surface area contributed by atoms with Crippen LogP contribution < -0.4 is 4.90 Å². The zero-order chi connectivity index (χ0) is 23.5. The van der Waals surface area contributed by atoms with Gasteiger partial charge in [-0.1, -0.05) is 55.8 Å². The Labute approximate surface area is 198 Å². The summed E-state index contributed by atoms with van der Waals surface area (Å²) in [6.45, 7) is 15.7. The summed E-state index contributed by atoms with van der Waals surface area (Å²) >= 11 is 0. The molecule has 166 valence electrons. The Kier molecular flexibility index (Phi) is 4.97. The molecule has 0 amide bonds. The quantitative estimate of drug-likeness (QED) is 0.313. The van der Waals surface area contributed by atoms with Crippen molar-refractivity contribution in [1.82, 2.24) is 0 Å². The molecule has 0 unspecified atom stereocenters. The van der Waals surface area contributed by atoms with Crippen LogP contribution in [0.15, 0.2) is 72.8 Å². The summed E-state index contributed by atoms with van der Waals surface area (Å²) in [5.74, 6) is 0. The molecule has 33 heavy (non-hydrogen) atoms. The highest BCUT2D eigenvalue weighted by atomic mass is 15.1. The van der Waals surface area contributed by atoms with Crippen LogP contribution in [0, 0.1) is 34.6 Å². The van der Waals surface area contributed by atoms with Crippen molar-refractivity contribution >= 4 is 17.1 Å². The summed E-state index contributed by atoms with van der Waals surface area (Å²) in [5.41, 5.74) is 15.7. The van der Waals surface area contributed by atoms with Gasteiger partial charge in [-0.3, -0.25) is 0 Å². The van der Waals surface area contributed by atoms with Crippen molar-refractivity contribution in [1.29, 1.82) is 0 Å². The highest BCUT2D eigenvalue weighted by Gasteiger charge is 2.36. The molecule has 4 aromatic carbocycles. The Bertz CT molecular complexity index is 1340. The second kappa shape index (κ2) is 7.63. The maximum Gasteiger partial charge on any atom is 0.0465 e. The van der Waals surface area contributed by atoms with Gasteiger partial charge in [0.05, 0.1) is 0 Å². The topological polar surface area (TPSA) is 3.24 Å². The lowest BCUT2D eigenvalue weighted by atomic mass is 9.82. The van der Waals surface area contributed by atoms with Gasteiger partial charge >= 0.3 is 0 Å². The van der Waals surface area contributed by atoms with Gasteiger partial charge in [0.15, 0.2) is 0 Å². The van der Waals surface area contributed by atoms with E-state index >= 15 is 0 Å². The van der Waals surface area contributed by atoms with E-state index < -0.39 is 0 Å². The maximum absolute atomic E-state index is 2.41. The molecule has 4 aromatic rings. The van der Waals surface area contributed by atoms with Crippen LogP contribution in [-0.2, 0) is 5.41 Å². The number of benzene rings is 4. The van der Waals surface area contributed by atoms with Gasteiger partial charge in [0, 0.05) is 22.5 Å². The van der Waals surface area contributed by atoms with Gasteiger partial charge in [-0.05, 0) is 116 Å². The SMILES string of the molecule is Cc1ccc2c(c1)C(C)(C)c1cc(N(c3ccc(C)c(C)c3)c3ccc(C)c(C)c3)ccc1-2. The van der Waals surface area contributed by atoms with Crippen LogP contribution in [0.2, 0.25) is 0 Å². The smallest absolute Gasteiger partial charge is 0.0465 e. The van der Waals surface area contributed by atoms with Crippen molar-refractivity contribution in [3.8, 4) is 11.1 Å². The van der Waals surface area contributed by atoms with Crippen LogP contribution in [0.3, 0.4) is 0 Å². The van der Waals surface area contributed by atoms with Crippen molar-refractivity contribution in [2.45, 2.75) is 53.9 Å². The summed E-state index contributed by atoms with van der Waals surface area (Å²) < 4.78 is 0. The standard InChI is InChI=1S/C32H33N/c1-20-8-14-28-29-15-13-27(19-31(29)32(6,7)30(28)16-20)33(25-11-9-21(2)23(4)17-25)26-12-10-22(3)24(5)18-26/h8-19H,1-7H3. The first kappa shape index (κ1) is 21.5. The fraction of sp³-hybridized carbons (Fsp3) is 0.250. The summed E-state index contributed by atoms with van der Waals surface area (Å²) in [7, 11) is 0. The number of rotatable bonds is 3. The number of aryl methyl sites for hydroxylation is 5. The average Bonchev–Trinajstić information content (AvgIpc) is 3.00. The van der Waals surface area contributed by atoms with Crippen molar-refractivity contribution in [2.75, 3.05) is 4.90 Å². The first-order chi connectivity index (χ1) is 15.7. The molecule has 0 aromatic heterocycles. The fourth-order valence-electron chi connectivity index (χ4n) is 5.16. The molecule has 0 spiro atoms. The first-order valence-corrected chi connectivity index (χ1v) is 11.9. The lowest BCUT2D eigenvalue weighted by Gasteiger charge is -2.29. The van der Waals surface area contributed by atoms with Crippen molar-refractivity contribution in [2.24, 2.45) is 0 Å². The maximum atomic E-state index is 2.41. The number of hydrogen-bond donors (Lipinski definition) is 0. The lowest BCUT2D eigenvalue weighted by molar-refractivity contribution is 0.660. The van der Waals surface area contributed by atoms with Crippen LogP contribution in [0.25, 0.3) is 11.1 Å². The molecule has 0 saturated heterocycles. The summed E-state index contributed by atoms with van der Waals surface area (Å²) in [6.07, 6.45) is 0. The average molecular weight is 432 g/mol. The molecule has 0 saturated carbocycles. The van der Waals surface area contributed by atoms with Crippen molar-refractivity contribution < 1.29 is 0 Å². The van der Waals surface area contributed by atoms with Crippen molar-refractivity contribution in [3.63, 3.8) is 0 Å². The molecule has 0 bridgehead atoms. The lowest BCUT2D eigenvalue weighted by Crippen LogP contribution is -2.17. The van der Waals surface area contributed by atoms with Gasteiger partial charge in [-0.25, -0.2) is 0 Å². The van der Waals surface area contributed by atoms with Crippen LogP contribution in [0.5, 0.6) is 0 Å². The molecule has 0 aliphatic heterocycles. The minimum Gasteiger partial charge on any atom is -0.310 e. The zero-order valence-electron chi connectivity index (χ0n) is 20.9. The molecule has 1 nitrogen and oxygen atoms in total. The van der Waals surface area contributed by atoms with E-state index in [1.54, 1.807) is 0 Å². The number of hydrogen-bond acceptors (Lipinski definition) is 1. The largest absolute Gasteiger partial charge is 0.310 e. The van der Waals surface area contributed by atoms with Gasteiger partial charge in [0.1, 0.15) is 0 Å². The molecular weight excluding hydrogens is 398 g/mol. The fourth-order valence-corrected chi connectivity index (χ4v) is 5.16. The molecular formula is C32H33N. The number of anilines is 3. The van der Waals surface area contributed by atoms with E-state index in [0.29, 0.717) is 0 Å². The Hall–Kier alpha value is -3.32. The Morgan fingerprint density at radius 3 is 1.48 bits per heavy atom. The van der Waals surface area contributed by atoms with Gasteiger partial charge in [0.2, 0.25) is 0 Å². The van der Waals surface area contributed by atoms with Gasteiger partial charge in [-0.2, -0.15) is 0 Å². The highest BCUT2D eigenvalue weighted by Crippen LogP contribution is 2.51. The van der Waals surface area contributed by atoms with Crippen LogP contribution in [-0.4, -0.2) is 0 Å². The van der Waals surface area contributed by atoms with Crippen LogP contribution in [0.4, 0.5) is 17.1 Å². The first-order valence-electron chi connectivity index (χ1n) is 11.9. The Morgan fingerprint density at radius 2 is 0.939 bits per heavy atom. The minimum absolute atomic E-state index is 0.0231. The molecule has 0 N–H and O–H groups in total. The molecule has 1 heteroatoms. The van der Waals surface area contributed by atoms with Crippen molar-refractivity contribution in [3.05, 3.63) is 112 Å². The normalized spacial score (nSPS) is 13.5. The van der Waals surface area contributed by atoms with Crippen LogP contribution in [0.1, 0.15) is 52.8 Å². The van der Waals surface area contributed by atoms with E-state index in [1.807, 2.05) is 0 Å². The third-order valence-corrected chi connectivity index (χ3v) is 7.57. The van der Waals surface area contributed by atoms with E-state index in [4.69, 9.17) is 0 Å². The molecule has 0 heterocycles. The zero-order valence-corrected chi connectivity index (χ0v) is 20.9. The summed E-state index contributed by atoms with van der Waals surface area (Å²) in [6, 6.07) is 27.5. The molecule has 1 aliphatic rings. The highest BCUT2D eigenvalue weighted by molar-refractivity contribution is 5.86. The molecule has 0 fully saturated rings. The summed E-state index contributed by atoms with van der Waals surface area (Å²) in [4.78, 5) is 2.41. The van der Waals surface area contributed by atoms with Gasteiger partial charge in [0.25, 0.3) is 0 Å². The minimum atomic E-state index is -0.0231. The van der Waals surface area contributed by atoms with Gasteiger partial charge < -0.3 is 4.90 Å².